The van der Waals surface area contributed by atoms with Gasteiger partial charge in [-0.05, 0) is 47.1 Å². The maximum absolute atomic E-state index is 11.1. The Morgan fingerprint density at radius 1 is 1.39 bits per heavy atom. The molecule has 2 aromatic rings. The van der Waals surface area contributed by atoms with Gasteiger partial charge in [0, 0.05) is 12.6 Å². The van der Waals surface area contributed by atoms with Gasteiger partial charge in [0.05, 0.1) is 12.2 Å². The number of aldehydes is 1. The molecule has 0 spiro atoms. The third kappa shape index (κ3) is 2.31. The van der Waals surface area contributed by atoms with Gasteiger partial charge in [0.25, 0.3) is 0 Å². The Morgan fingerprint density at radius 3 is 2.61 bits per heavy atom. The van der Waals surface area contributed by atoms with Crippen molar-refractivity contribution in [2.24, 2.45) is 7.05 Å². The Kier molecular flexibility index (Phi) is 3.81. The lowest BCUT2D eigenvalue weighted by Crippen LogP contribution is -1.92. The van der Waals surface area contributed by atoms with Crippen molar-refractivity contribution in [1.82, 2.24) is 9.78 Å². The van der Waals surface area contributed by atoms with E-state index in [0.717, 1.165) is 17.6 Å². The highest BCUT2D eigenvalue weighted by Gasteiger charge is 2.14. The van der Waals surface area contributed by atoms with Crippen molar-refractivity contribution in [1.29, 1.82) is 0 Å². The zero-order chi connectivity index (χ0) is 13.1. The van der Waals surface area contributed by atoms with E-state index in [2.05, 4.69) is 21.0 Å². The molecule has 0 saturated heterocycles. The van der Waals surface area contributed by atoms with E-state index in [4.69, 9.17) is 4.74 Å². The molecule has 4 nitrogen and oxygen atoms in total. The second-order valence-electron chi connectivity index (χ2n) is 3.75. The molecule has 0 saturated carbocycles. The molecule has 1 aromatic carbocycles. The summed E-state index contributed by atoms with van der Waals surface area (Å²) in [4.78, 5) is 11.1. The van der Waals surface area contributed by atoms with Crippen LogP contribution in [-0.4, -0.2) is 22.7 Å². The molecule has 94 valence electrons. The van der Waals surface area contributed by atoms with Crippen LogP contribution in [0.2, 0.25) is 0 Å². The second-order valence-corrected chi connectivity index (χ2v) is 4.50. The zero-order valence-corrected chi connectivity index (χ0v) is 11.8. The molecule has 0 aliphatic rings. The Labute approximate surface area is 114 Å². The van der Waals surface area contributed by atoms with Gasteiger partial charge in [0.1, 0.15) is 16.0 Å². The molecule has 2 rings (SSSR count). The number of ether oxygens (including phenoxy) is 1. The van der Waals surface area contributed by atoms with Gasteiger partial charge in [-0.15, -0.1) is 0 Å². The topological polar surface area (TPSA) is 44.1 Å². The Balaban J connectivity index is 2.42. The third-order valence-corrected chi connectivity index (χ3v) is 3.51. The molecule has 0 amide bonds. The van der Waals surface area contributed by atoms with Crippen LogP contribution in [-0.2, 0) is 7.05 Å². The lowest BCUT2D eigenvalue weighted by atomic mass is 10.1. The first-order valence-corrected chi connectivity index (χ1v) is 6.37. The average Bonchev–Trinajstić information content (AvgIpc) is 2.67. The summed E-state index contributed by atoms with van der Waals surface area (Å²) >= 11 is 3.34. The number of carbonyl (C=O) groups excluding carboxylic acids is 1. The smallest absolute Gasteiger partial charge is 0.155 e. The van der Waals surface area contributed by atoms with Crippen LogP contribution in [0.1, 0.15) is 17.3 Å². The number of rotatable bonds is 4. The van der Waals surface area contributed by atoms with Crippen molar-refractivity contribution >= 4 is 22.2 Å². The first-order valence-electron chi connectivity index (χ1n) is 5.58. The molecule has 1 heterocycles. The van der Waals surface area contributed by atoms with E-state index in [9.17, 15) is 4.79 Å². The van der Waals surface area contributed by atoms with Gasteiger partial charge in [-0.2, -0.15) is 5.10 Å². The highest BCUT2D eigenvalue weighted by Crippen LogP contribution is 2.28. The van der Waals surface area contributed by atoms with Crippen LogP contribution < -0.4 is 4.74 Å². The van der Waals surface area contributed by atoms with Gasteiger partial charge in [0.2, 0.25) is 0 Å². The number of nitrogens with zero attached hydrogens (tertiary/aromatic N) is 2. The van der Waals surface area contributed by atoms with Crippen LogP contribution in [0, 0.1) is 0 Å². The van der Waals surface area contributed by atoms with E-state index in [-0.39, 0.29) is 0 Å². The number of hydrogen-bond donors (Lipinski definition) is 0. The lowest BCUT2D eigenvalue weighted by molar-refractivity contribution is 0.112. The molecule has 0 aliphatic heterocycles. The number of benzene rings is 1. The van der Waals surface area contributed by atoms with Crippen LogP contribution in [0.3, 0.4) is 0 Å². The fourth-order valence-electron chi connectivity index (χ4n) is 1.71. The van der Waals surface area contributed by atoms with E-state index in [1.807, 2.05) is 31.2 Å². The van der Waals surface area contributed by atoms with Gasteiger partial charge in [-0.25, -0.2) is 0 Å². The largest absolute Gasteiger partial charge is 0.494 e. The van der Waals surface area contributed by atoms with Crippen LogP contribution in [0.5, 0.6) is 5.75 Å². The van der Waals surface area contributed by atoms with Crippen LogP contribution in [0.15, 0.2) is 28.9 Å². The Hall–Kier alpha value is -1.62. The molecule has 0 fully saturated rings. The van der Waals surface area contributed by atoms with Gasteiger partial charge in [-0.3, -0.25) is 9.48 Å². The minimum absolute atomic E-state index is 0.557. The summed E-state index contributed by atoms with van der Waals surface area (Å²) in [5.41, 5.74) is 2.12. The fraction of sp³-hybridized carbons (Fsp3) is 0.231. The van der Waals surface area contributed by atoms with Crippen molar-refractivity contribution in [3.63, 3.8) is 0 Å². The van der Waals surface area contributed by atoms with E-state index in [1.165, 1.54) is 0 Å². The predicted molar refractivity (Wildman–Crippen MR) is 72.9 cm³/mol. The molecule has 0 radical (unpaired) electrons. The first kappa shape index (κ1) is 12.8. The number of halogens is 1. The van der Waals surface area contributed by atoms with Crippen LogP contribution in [0.4, 0.5) is 0 Å². The van der Waals surface area contributed by atoms with Gasteiger partial charge in [0.15, 0.2) is 6.29 Å². The molecular formula is C13H13BrN2O2. The number of carbonyl (C=O) groups is 1. The quantitative estimate of drug-likeness (QED) is 0.815. The lowest BCUT2D eigenvalue weighted by Gasteiger charge is -2.03. The van der Waals surface area contributed by atoms with E-state index in [1.54, 1.807) is 11.7 Å². The fourth-order valence-corrected chi connectivity index (χ4v) is 2.07. The van der Waals surface area contributed by atoms with Crippen molar-refractivity contribution in [3.05, 3.63) is 34.4 Å². The predicted octanol–water partition coefficient (Wildman–Crippen LogP) is 3.06. The third-order valence-electron chi connectivity index (χ3n) is 2.57. The van der Waals surface area contributed by atoms with Crippen molar-refractivity contribution in [2.75, 3.05) is 6.61 Å². The minimum atomic E-state index is 0.557. The highest BCUT2D eigenvalue weighted by atomic mass is 79.9. The standard InChI is InChI=1S/C13H13BrN2O2/c1-3-18-10-6-4-9(5-7-10)12-11(8-17)13(14)16(2)15-12/h4-8H,3H2,1-2H3. The highest BCUT2D eigenvalue weighted by molar-refractivity contribution is 9.10. The summed E-state index contributed by atoms with van der Waals surface area (Å²) in [7, 11) is 1.79. The van der Waals surface area contributed by atoms with E-state index >= 15 is 0 Å². The maximum Gasteiger partial charge on any atom is 0.155 e. The first-order chi connectivity index (χ1) is 8.67. The van der Waals surface area contributed by atoms with Crippen LogP contribution >= 0.6 is 15.9 Å². The normalized spacial score (nSPS) is 10.4. The summed E-state index contributed by atoms with van der Waals surface area (Å²) in [5, 5.41) is 4.32. The number of hydrogen-bond acceptors (Lipinski definition) is 3. The minimum Gasteiger partial charge on any atom is -0.494 e. The molecule has 1 aromatic heterocycles. The summed E-state index contributed by atoms with van der Waals surface area (Å²) < 4.78 is 7.69. The molecule has 5 heteroatoms. The SMILES string of the molecule is CCOc1ccc(-c2nn(C)c(Br)c2C=O)cc1. The second kappa shape index (κ2) is 5.35. The molecule has 0 unspecified atom stereocenters. The summed E-state index contributed by atoms with van der Waals surface area (Å²) in [6.07, 6.45) is 0.808. The van der Waals surface area contributed by atoms with Crippen molar-refractivity contribution < 1.29 is 9.53 Å². The van der Waals surface area contributed by atoms with Crippen molar-refractivity contribution in [2.45, 2.75) is 6.92 Å². The summed E-state index contributed by atoms with van der Waals surface area (Å²) in [6.45, 7) is 2.57. The Morgan fingerprint density at radius 2 is 2.06 bits per heavy atom. The van der Waals surface area contributed by atoms with Crippen LogP contribution in [0.25, 0.3) is 11.3 Å². The molecular weight excluding hydrogens is 296 g/mol. The summed E-state index contributed by atoms with van der Waals surface area (Å²) in [5.74, 6) is 0.809. The molecule has 18 heavy (non-hydrogen) atoms. The number of aromatic nitrogens is 2. The molecule has 0 aliphatic carbocycles. The van der Waals surface area contributed by atoms with E-state index in [0.29, 0.717) is 22.5 Å². The van der Waals surface area contributed by atoms with Gasteiger partial charge in [-0.1, -0.05) is 0 Å². The Bertz CT molecular complexity index is 561. The van der Waals surface area contributed by atoms with E-state index < -0.39 is 0 Å². The molecule has 0 atom stereocenters. The van der Waals surface area contributed by atoms with Crippen molar-refractivity contribution in [3.8, 4) is 17.0 Å². The average molecular weight is 309 g/mol. The number of aryl methyl sites for hydroxylation is 1. The summed E-state index contributed by atoms with van der Waals surface area (Å²) in [6, 6.07) is 7.53. The van der Waals surface area contributed by atoms with Gasteiger partial charge >= 0.3 is 0 Å². The zero-order valence-electron chi connectivity index (χ0n) is 10.2. The maximum atomic E-state index is 11.1. The van der Waals surface area contributed by atoms with Gasteiger partial charge < -0.3 is 4.74 Å². The molecule has 0 bridgehead atoms. The monoisotopic (exact) mass is 308 g/mol. The molecule has 0 N–H and O–H groups in total.